The number of fused-ring (bicyclic) bond motifs is 3. The fourth-order valence-electron chi connectivity index (χ4n) is 4.78. The van der Waals surface area contributed by atoms with Gasteiger partial charge in [-0.05, 0) is 31.5 Å². The van der Waals surface area contributed by atoms with Crippen LogP contribution in [0.4, 0.5) is 0 Å². The number of benzene rings is 2. The molecule has 28 heavy (non-hydrogen) atoms. The number of ether oxygens (including phenoxy) is 2. The van der Waals surface area contributed by atoms with Crippen LogP contribution < -0.4 is 4.74 Å². The average Bonchev–Trinajstić information content (AvgIpc) is 3.36. The highest BCUT2D eigenvalue weighted by Crippen LogP contribution is 2.80. The van der Waals surface area contributed by atoms with Crippen molar-refractivity contribution in [2.45, 2.75) is 26.2 Å². The van der Waals surface area contributed by atoms with Crippen LogP contribution in [-0.4, -0.2) is 24.3 Å². The summed E-state index contributed by atoms with van der Waals surface area (Å²) >= 11 is 3.44. The largest absolute Gasteiger partial charge is 0.465 e. The molecule has 0 N–H and O–H groups in total. The quantitative estimate of drug-likeness (QED) is 0.299. The molecule has 4 rings (SSSR count). The summed E-state index contributed by atoms with van der Waals surface area (Å²) in [6.07, 6.45) is 0.311. The van der Waals surface area contributed by atoms with E-state index in [1.165, 1.54) is 0 Å². The number of halogens is 1. The Morgan fingerprint density at radius 1 is 1.14 bits per heavy atom. The number of carbonyl (C=O) groups excluding carboxylic acids is 3. The van der Waals surface area contributed by atoms with Crippen LogP contribution in [0.25, 0.3) is 0 Å². The Morgan fingerprint density at radius 3 is 2.50 bits per heavy atom. The fourth-order valence-corrected chi connectivity index (χ4v) is 5.16. The molecular formula is C22H19BrO5. The Bertz CT molecular complexity index is 986. The molecule has 0 amide bonds. The molecule has 0 aromatic heterocycles. The topological polar surface area (TPSA) is 69.7 Å². The van der Waals surface area contributed by atoms with E-state index in [0.717, 1.165) is 4.47 Å². The van der Waals surface area contributed by atoms with Gasteiger partial charge in [0, 0.05) is 21.5 Å². The second-order valence-electron chi connectivity index (χ2n) is 7.05. The summed E-state index contributed by atoms with van der Waals surface area (Å²) in [6.45, 7) is 3.62. The summed E-state index contributed by atoms with van der Waals surface area (Å²) in [5, 5.41) is 0. The van der Waals surface area contributed by atoms with Gasteiger partial charge in [-0.3, -0.25) is 14.4 Å². The lowest BCUT2D eigenvalue weighted by molar-refractivity contribution is -0.162. The molecule has 2 aromatic carbocycles. The van der Waals surface area contributed by atoms with Crippen molar-refractivity contribution in [3.63, 3.8) is 0 Å². The molecule has 1 heterocycles. The highest BCUT2D eigenvalue weighted by Gasteiger charge is 2.90. The molecule has 1 aliphatic carbocycles. The van der Waals surface area contributed by atoms with Gasteiger partial charge in [-0.1, -0.05) is 53.2 Å². The van der Waals surface area contributed by atoms with E-state index in [1.54, 1.807) is 43.3 Å². The number of rotatable bonds is 5. The van der Waals surface area contributed by atoms with Crippen molar-refractivity contribution in [3.8, 4) is 5.75 Å². The minimum atomic E-state index is -1.65. The van der Waals surface area contributed by atoms with Crippen molar-refractivity contribution >= 4 is 33.7 Å². The predicted octanol–water partition coefficient (Wildman–Crippen LogP) is 4.29. The van der Waals surface area contributed by atoms with E-state index < -0.39 is 28.7 Å². The molecule has 0 bridgehead atoms. The summed E-state index contributed by atoms with van der Waals surface area (Å²) in [4.78, 5) is 39.9. The van der Waals surface area contributed by atoms with Crippen LogP contribution in [-0.2, 0) is 14.3 Å². The summed E-state index contributed by atoms with van der Waals surface area (Å²) in [5.41, 5.74) is -1.75. The van der Waals surface area contributed by atoms with Gasteiger partial charge in [0.1, 0.15) is 5.75 Å². The molecule has 0 unspecified atom stereocenters. The van der Waals surface area contributed by atoms with Gasteiger partial charge in [0.25, 0.3) is 0 Å². The van der Waals surface area contributed by atoms with Gasteiger partial charge in [0.15, 0.2) is 11.2 Å². The number of ketones is 1. The van der Waals surface area contributed by atoms with E-state index in [-0.39, 0.29) is 12.4 Å². The third kappa shape index (κ3) is 2.21. The third-order valence-electron chi connectivity index (χ3n) is 5.95. The highest BCUT2D eigenvalue weighted by molar-refractivity contribution is 9.10. The highest BCUT2D eigenvalue weighted by atomic mass is 79.9. The third-order valence-corrected chi connectivity index (χ3v) is 6.44. The second-order valence-corrected chi connectivity index (χ2v) is 7.97. The molecule has 3 atom stereocenters. The van der Waals surface area contributed by atoms with Crippen molar-refractivity contribution in [2.75, 3.05) is 6.61 Å². The van der Waals surface area contributed by atoms with Gasteiger partial charge >= 0.3 is 11.9 Å². The van der Waals surface area contributed by atoms with Gasteiger partial charge < -0.3 is 9.47 Å². The van der Waals surface area contributed by atoms with Gasteiger partial charge in [-0.15, -0.1) is 0 Å². The summed E-state index contributed by atoms with van der Waals surface area (Å²) < 4.78 is 11.6. The maximum atomic E-state index is 13.7. The van der Waals surface area contributed by atoms with E-state index in [9.17, 15) is 14.4 Å². The lowest BCUT2D eigenvalue weighted by Gasteiger charge is -2.22. The van der Waals surface area contributed by atoms with Crippen molar-refractivity contribution in [2.24, 2.45) is 10.8 Å². The van der Waals surface area contributed by atoms with E-state index in [4.69, 9.17) is 9.47 Å². The molecule has 2 aliphatic rings. The summed E-state index contributed by atoms with van der Waals surface area (Å²) in [7, 11) is 0. The van der Waals surface area contributed by atoms with Crippen LogP contribution in [0, 0.1) is 10.8 Å². The van der Waals surface area contributed by atoms with Crippen LogP contribution in [0.1, 0.15) is 42.1 Å². The lowest BCUT2D eigenvalue weighted by atomic mass is 9.83. The van der Waals surface area contributed by atoms with Crippen molar-refractivity contribution < 1.29 is 23.9 Å². The van der Waals surface area contributed by atoms with Crippen molar-refractivity contribution in [3.05, 3.63) is 64.1 Å². The molecule has 2 aromatic rings. The first-order valence-corrected chi connectivity index (χ1v) is 10.0. The second kappa shape index (κ2) is 6.55. The summed E-state index contributed by atoms with van der Waals surface area (Å²) in [5.74, 6) is -1.88. The van der Waals surface area contributed by atoms with E-state index >= 15 is 0 Å². The zero-order valence-corrected chi connectivity index (χ0v) is 17.1. The molecule has 144 valence electrons. The molecule has 1 aliphatic heterocycles. The Kier molecular flexibility index (Phi) is 4.42. The van der Waals surface area contributed by atoms with E-state index in [1.807, 2.05) is 19.1 Å². The Morgan fingerprint density at radius 2 is 1.86 bits per heavy atom. The smallest absolute Gasteiger partial charge is 0.330 e. The number of hydrogen-bond acceptors (Lipinski definition) is 5. The Balaban J connectivity index is 1.96. The van der Waals surface area contributed by atoms with Crippen LogP contribution in [0.3, 0.4) is 0 Å². The predicted molar refractivity (Wildman–Crippen MR) is 105 cm³/mol. The zero-order chi connectivity index (χ0) is 20.1. The van der Waals surface area contributed by atoms with Crippen molar-refractivity contribution in [1.29, 1.82) is 0 Å². The van der Waals surface area contributed by atoms with Gasteiger partial charge in [0.05, 0.1) is 12.0 Å². The molecule has 1 fully saturated rings. The average molecular weight is 443 g/mol. The molecule has 0 saturated heterocycles. The fraction of sp³-hybridized carbons (Fsp3) is 0.318. The first kappa shape index (κ1) is 18.9. The SMILES string of the molecule is CCOC(=O)[C@@]12C(=O)Oc3ccc(Br)cc3[C@H]1[C@@]2(CC)C(=O)c1ccccc1. The first-order valence-electron chi connectivity index (χ1n) is 9.23. The zero-order valence-electron chi connectivity index (χ0n) is 15.5. The normalized spacial score (nSPS) is 27.2. The number of hydrogen-bond donors (Lipinski definition) is 0. The Labute approximate surface area is 171 Å². The maximum absolute atomic E-state index is 13.7. The summed E-state index contributed by atoms with van der Waals surface area (Å²) in [6, 6.07) is 14.0. The molecule has 1 saturated carbocycles. The van der Waals surface area contributed by atoms with E-state index in [0.29, 0.717) is 23.3 Å². The molecular weight excluding hydrogens is 424 g/mol. The maximum Gasteiger partial charge on any atom is 0.330 e. The van der Waals surface area contributed by atoms with Gasteiger partial charge in [-0.2, -0.15) is 0 Å². The van der Waals surface area contributed by atoms with Crippen LogP contribution in [0.5, 0.6) is 5.75 Å². The molecule has 0 spiro atoms. The molecule has 0 radical (unpaired) electrons. The van der Waals surface area contributed by atoms with Crippen LogP contribution >= 0.6 is 15.9 Å². The standard InChI is InChI=1S/C22H19BrO5/c1-3-21(18(24)13-8-6-5-7-9-13)17-15-12-14(23)10-11-16(15)28-20(26)22(17,21)19(25)27-4-2/h5-12,17H,3-4H2,1-2H3/t17-,21-,22+/m0/s1. The van der Waals surface area contributed by atoms with Gasteiger partial charge in [-0.25, -0.2) is 0 Å². The van der Waals surface area contributed by atoms with Crippen LogP contribution in [0.15, 0.2) is 53.0 Å². The number of Topliss-reactive ketones (excluding diaryl/α,β-unsaturated/α-hetero) is 1. The Hall–Kier alpha value is -2.47. The molecule has 5 nitrogen and oxygen atoms in total. The monoisotopic (exact) mass is 442 g/mol. The van der Waals surface area contributed by atoms with Gasteiger partial charge in [0.2, 0.25) is 0 Å². The first-order chi connectivity index (χ1) is 13.4. The minimum Gasteiger partial charge on any atom is -0.465 e. The lowest BCUT2D eigenvalue weighted by Crippen LogP contribution is -2.40. The van der Waals surface area contributed by atoms with Crippen molar-refractivity contribution in [1.82, 2.24) is 0 Å². The number of esters is 2. The minimum absolute atomic E-state index is 0.116. The molecule has 6 heteroatoms. The number of carbonyl (C=O) groups is 3. The van der Waals surface area contributed by atoms with Crippen LogP contribution in [0.2, 0.25) is 0 Å². The van der Waals surface area contributed by atoms with E-state index in [2.05, 4.69) is 15.9 Å².